The number of fused-ring (bicyclic) bond motifs is 10. The Hall–Kier alpha value is -4.39. The molecule has 0 bridgehead atoms. The van der Waals surface area contributed by atoms with Crippen LogP contribution in [0.4, 0.5) is 5.69 Å². The number of benzene rings is 5. The summed E-state index contributed by atoms with van der Waals surface area (Å²) in [5, 5.41) is 2.47. The molecule has 284 valence electrons. The van der Waals surface area contributed by atoms with Gasteiger partial charge in [-0.2, -0.15) is 0 Å². The molecule has 5 nitrogen and oxygen atoms in total. The van der Waals surface area contributed by atoms with E-state index in [1.54, 1.807) is 14.2 Å². The summed E-state index contributed by atoms with van der Waals surface area (Å²) in [5.41, 5.74) is 10.0. The zero-order chi connectivity index (χ0) is 38.2. The van der Waals surface area contributed by atoms with E-state index in [0.717, 1.165) is 67.5 Å². The van der Waals surface area contributed by atoms with Crippen LogP contribution in [0.25, 0.3) is 28.0 Å². The van der Waals surface area contributed by atoms with Gasteiger partial charge in [-0.15, -0.1) is 11.8 Å². The van der Waals surface area contributed by atoms with Crippen molar-refractivity contribution in [1.82, 2.24) is 0 Å². The second-order valence-electron chi connectivity index (χ2n) is 17.7. The van der Waals surface area contributed by atoms with Crippen molar-refractivity contribution in [3.63, 3.8) is 0 Å². The van der Waals surface area contributed by atoms with Gasteiger partial charge in [-0.3, -0.25) is 0 Å². The van der Waals surface area contributed by atoms with E-state index in [9.17, 15) is 0 Å². The maximum Gasteiger partial charge on any atom is 0.134 e. The quantitative estimate of drug-likeness (QED) is 0.161. The average molecular weight is 752 g/mol. The van der Waals surface area contributed by atoms with Crippen molar-refractivity contribution in [2.75, 3.05) is 58.3 Å². The minimum absolute atomic E-state index is 0.144. The highest BCUT2D eigenvalue weighted by atomic mass is 32.2. The smallest absolute Gasteiger partial charge is 0.134 e. The first kappa shape index (κ1) is 36.3. The summed E-state index contributed by atoms with van der Waals surface area (Å²) in [5.74, 6) is 2.66. The zero-order valence-electron chi connectivity index (χ0n) is 33.4. The maximum atomic E-state index is 7.48. The number of ether oxygens (including phenoxy) is 4. The van der Waals surface area contributed by atoms with Gasteiger partial charge in [-0.05, 0) is 112 Å². The van der Waals surface area contributed by atoms with E-state index < -0.39 is 5.41 Å². The summed E-state index contributed by atoms with van der Waals surface area (Å²) >= 11 is 1.82. The molecule has 55 heavy (non-hydrogen) atoms. The molecule has 0 atom stereocenters. The van der Waals surface area contributed by atoms with E-state index in [-0.39, 0.29) is 16.2 Å². The molecular formula is C49H53NO4S. The number of rotatable bonds is 6. The van der Waals surface area contributed by atoms with Gasteiger partial charge in [0.05, 0.1) is 38.5 Å². The number of hydrogen-bond donors (Lipinski definition) is 0. The topological polar surface area (TPSA) is 40.2 Å². The third-order valence-electron chi connectivity index (χ3n) is 12.8. The van der Waals surface area contributed by atoms with Gasteiger partial charge in [0.1, 0.15) is 23.9 Å². The predicted molar refractivity (Wildman–Crippen MR) is 228 cm³/mol. The standard InChI is InChI=1S/C49H53NO4S/c1-46(2)28-47(3,4)30-49(29-46)40-11-9-8-10-36(40)43-38-26-41(50-22-24-53-25-23-50)42(55-7)27-39(38)45-37(44(43)49)20-21-48(31-54-45,32-12-16-34(51-5)17-13-32)33-14-18-35(52-6)19-15-33/h8-21,26-27H,22-25,28-31H2,1-7H3. The van der Waals surface area contributed by atoms with Crippen LogP contribution in [0.2, 0.25) is 0 Å². The van der Waals surface area contributed by atoms with Gasteiger partial charge in [-0.25, -0.2) is 0 Å². The SMILES string of the molecule is COc1ccc(C2(c3ccc(OC)cc3)C=Cc3c4c(c5cc(N6CCOCC6)c(SC)cc5c3OC2)-c2ccccc2C42CC(C)(C)CC(C)(C)C2)cc1. The number of thioether (sulfide) groups is 1. The van der Waals surface area contributed by atoms with E-state index in [1.165, 1.54) is 55.6 Å². The van der Waals surface area contributed by atoms with E-state index in [2.05, 4.69) is 136 Å². The number of morpholine rings is 1. The highest BCUT2D eigenvalue weighted by Gasteiger charge is 2.55. The van der Waals surface area contributed by atoms with Crippen LogP contribution in [0.3, 0.4) is 0 Å². The lowest BCUT2D eigenvalue weighted by atomic mass is 9.52. The largest absolute Gasteiger partial charge is 0.497 e. The molecule has 0 radical (unpaired) electrons. The highest BCUT2D eigenvalue weighted by molar-refractivity contribution is 7.98. The summed E-state index contributed by atoms with van der Waals surface area (Å²) in [6, 6.07) is 31.3. The number of hydrogen-bond acceptors (Lipinski definition) is 6. The molecule has 4 aliphatic rings. The van der Waals surface area contributed by atoms with E-state index >= 15 is 0 Å². The van der Waals surface area contributed by atoms with Crippen LogP contribution in [0.5, 0.6) is 17.2 Å². The summed E-state index contributed by atoms with van der Waals surface area (Å²) < 4.78 is 24.6. The Kier molecular flexibility index (Phi) is 8.82. The van der Waals surface area contributed by atoms with Crippen LogP contribution in [0.1, 0.15) is 74.8 Å². The van der Waals surface area contributed by atoms with Crippen molar-refractivity contribution in [3.05, 3.63) is 119 Å². The van der Waals surface area contributed by atoms with Crippen molar-refractivity contribution >= 4 is 34.3 Å². The van der Waals surface area contributed by atoms with Gasteiger partial charge in [0.2, 0.25) is 0 Å². The van der Waals surface area contributed by atoms with Crippen LogP contribution < -0.4 is 19.1 Å². The normalized spacial score (nSPS) is 19.9. The van der Waals surface area contributed by atoms with Gasteiger partial charge in [0, 0.05) is 34.3 Å². The molecule has 1 saturated heterocycles. The van der Waals surface area contributed by atoms with Gasteiger partial charge in [0.25, 0.3) is 0 Å². The zero-order valence-corrected chi connectivity index (χ0v) is 34.2. The number of anilines is 1. The molecule has 1 saturated carbocycles. The third-order valence-corrected chi connectivity index (χ3v) is 13.6. The molecule has 2 fully saturated rings. The molecular weight excluding hydrogens is 699 g/mol. The van der Waals surface area contributed by atoms with Crippen LogP contribution in [0.15, 0.2) is 95.9 Å². The molecule has 0 aromatic heterocycles. The molecule has 0 amide bonds. The second-order valence-corrected chi connectivity index (χ2v) is 18.5. The fourth-order valence-electron chi connectivity index (χ4n) is 11.3. The second kappa shape index (κ2) is 13.4. The fraction of sp³-hybridized carbons (Fsp3) is 0.388. The minimum Gasteiger partial charge on any atom is -0.497 e. The van der Waals surface area contributed by atoms with Crippen molar-refractivity contribution in [1.29, 1.82) is 0 Å². The first-order chi connectivity index (χ1) is 26.5. The van der Waals surface area contributed by atoms with Crippen molar-refractivity contribution in [2.24, 2.45) is 10.8 Å². The van der Waals surface area contributed by atoms with Crippen molar-refractivity contribution in [3.8, 4) is 28.4 Å². The summed E-state index contributed by atoms with van der Waals surface area (Å²) in [6.45, 7) is 13.7. The third kappa shape index (κ3) is 5.85. The molecule has 0 unspecified atom stereocenters. The Bertz CT molecular complexity index is 2240. The molecule has 6 heteroatoms. The summed E-state index contributed by atoms with van der Waals surface area (Å²) in [7, 11) is 3.44. The van der Waals surface area contributed by atoms with E-state index in [1.807, 2.05) is 11.8 Å². The van der Waals surface area contributed by atoms with Crippen molar-refractivity contribution in [2.45, 2.75) is 62.7 Å². The fourth-order valence-corrected chi connectivity index (χ4v) is 11.9. The van der Waals surface area contributed by atoms with Crippen LogP contribution in [-0.4, -0.2) is 53.4 Å². The maximum absolute atomic E-state index is 7.48. The lowest BCUT2D eigenvalue weighted by molar-refractivity contribution is 0.0644. The molecule has 5 aromatic carbocycles. The molecule has 5 aromatic rings. The molecule has 1 spiro atoms. The Morgan fingerprint density at radius 2 is 1.35 bits per heavy atom. The Morgan fingerprint density at radius 1 is 0.727 bits per heavy atom. The van der Waals surface area contributed by atoms with Gasteiger partial charge in [0.15, 0.2) is 0 Å². The highest BCUT2D eigenvalue weighted by Crippen LogP contribution is 2.66. The van der Waals surface area contributed by atoms with E-state index in [0.29, 0.717) is 6.61 Å². The summed E-state index contributed by atoms with van der Waals surface area (Å²) in [6.07, 6.45) is 10.4. The molecule has 9 rings (SSSR count). The Balaban J connectivity index is 1.37. The van der Waals surface area contributed by atoms with Crippen molar-refractivity contribution < 1.29 is 18.9 Å². The molecule has 2 aliphatic carbocycles. The lowest BCUT2D eigenvalue weighted by Gasteiger charge is -2.52. The number of nitrogens with zero attached hydrogens (tertiary/aromatic N) is 1. The summed E-state index contributed by atoms with van der Waals surface area (Å²) in [4.78, 5) is 3.79. The minimum atomic E-state index is -0.573. The lowest BCUT2D eigenvalue weighted by Crippen LogP contribution is -2.44. The van der Waals surface area contributed by atoms with Crippen LogP contribution in [0, 0.1) is 10.8 Å². The monoisotopic (exact) mass is 751 g/mol. The van der Waals surface area contributed by atoms with E-state index in [4.69, 9.17) is 18.9 Å². The van der Waals surface area contributed by atoms with Gasteiger partial charge < -0.3 is 23.8 Å². The predicted octanol–water partition coefficient (Wildman–Crippen LogP) is 11.3. The van der Waals surface area contributed by atoms with Crippen LogP contribution in [-0.2, 0) is 15.6 Å². The molecule has 2 aliphatic heterocycles. The Morgan fingerprint density at radius 3 is 1.95 bits per heavy atom. The first-order valence-corrected chi connectivity index (χ1v) is 21.0. The number of methoxy groups -OCH3 is 2. The Labute approximate surface area is 331 Å². The van der Waals surface area contributed by atoms with Gasteiger partial charge in [-0.1, -0.05) is 88.4 Å². The average Bonchev–Trinajstić information content (AvgIpc) is 3.30. The van der Waals surface area contributed by atoms with Gasteiger partial charge >= 0.3 is 0 Å². The molecule has 2 heterocycles. The first-order valence-electron chi connectivity index (χ1n) is 19.8. The van der Waals surface area contributed by atoms with Crippen LogP contribution >= 0.6 is 11.8 Å². The molecule has 0 N–H and O–H groups in total.